The number of nitrogens with one attached hydrogen (secondary N) is 2. The van der Waals surface area contributed by atoms with E-state index in [4.69, 9.17) is 0 Å². The Labute approximate surface area is 111 Å². The smallest absolute Gasteiger partial charge is 0.254 e. The number of nitrogens with zero attached hydrogens (tertiary/aromatic N) is 2. The minimum Gasteiger partial charge on any atom is -0.349 e. The summed E-state index contributed by atoms with van der Waals surface area (Å²) in [4.78, 5) is 20.0. The Hall–Kier alpha value is -2.43. The summed E-state index contributed by atoms with van der Waals surface area (Å²) in [5, 5.41) is 5.97. The van der Waals surface area contributed by atoms with E-state index in [2.05, 4.69) is 20.6 Å². The van der Waals surface area contributed by atoms with Gasteiger partial charge in [0.1, 0.15) is 0 Å². The first kappa shape index (κ1) is 11.6. The van der Waals surface area contributed by atoms with Crippen LogP contribution < -0.4 is 10.6 Å². The molecular weight excluding hydrogens is 240 g/mol. The molecule has 2 N–H and O–H groups in total. The summed E-state index contributed by atoms with van der Waals surface area (Å²) >= 11 is 0. The predicted octanol–water partition coefficient (Wildman–Crippen LogP) is 2.11. The van der Waals surface area contributed by atoms with Crippen molar-refractivity contribution in [2.45, 2.75) is 18.9 Å². The Morgan fingerprint density at radius 2 is 1.79 bits per heavy atom. The highest BCUT2D eigenvalue weighted by molar-refractivity contribution is 5.94. The zero-order chi connectivity index (χ0) is 13.1. The molecule has 19 heavy (non-hydrogen) atoms. The van der Waals surface area contributed by atoms with Crippen LogP contribution >= 0.6 is 0 Å². The lowest BCUT2D eigenvalue weighted by Gasteiger charge is -2.05. The maximum Gasteiger partial charge on any atom is 0.254 e. The molecule has 3 rings (SSSR count). The van der Waals surface area contributed by atoms with Crippen LogP contribution in [0.2, 0.25) is 0 Å². The standard InChI is InChI=1S/C14H14N4O/c19-13(17-12-6-7-12)10-8-15-14(16-9-10)18-11-4-2-1-3-5-11/h1-5,8-9,12H,6-7H2,(H,17,19)(H,15,16,18). The van der Waals surface area contributed by atoms with Crippen molar-refractivity contribution in [2.75, 3.05) is 5.32 Å². The molecule has 0 aliphatic heterocycles. The highest BCUT2D eigenvalue weighted by Gasteiger charge is 2.23. The number of hydrogen-bond acceptors (Lipinski definition) is 4. The predicted molar refractivity (Wildman–Crippen MR) is 72.2 cm³/mol. The highest BCUT2D eigenvalue weighted by Crippen LogP contribution is 2.19. The molecule has 0 unspecified atom stereocenters. The number of carbonyl (C=O) groups is 1. The average molecular weight is 254 g/mol. The van der Waals surface area contributed by atoms with E-state index >= 15 is 0 Å². The molecule has 0 bridgehead atoms. The third kappa shape index (κ3) is 3.07. The van der Waals surface area contributed by atoms with Gasteiger partial charge in [-0.3, -0.25) is 4.79 Å². The summed E-state index contributed by atoms with van der Waals surface area (Å²) in [6.45, 7) is 0. The van der Waals surface area contributed by atoms with Crippen LogP contribution in [0.15, 0.2) is 42.7 Å². The van der Waals surface area contributed by atoms with Gasteiger partial charge in [0.05, 0.1) is 5.56 Å². The lowest BCUT2D eigenvalue weighted by Crippen LogP contribution is -2.25. The number of anilines is 2. The van der Waals surface area contributed by atoms with E-state index in [9.17, 15) is 4.79 Å². The normalized spacial score (nSPS) is 13.9. The third-order valence-electron chi connectivity index (χ3n) is 2.86. The average Bonchev–Trinajstić information content (AvgIpc) is 3.25. The molecule has 5 heteroatoms. The van der Waals surface area contributed by atoms with Crippen LogP contribution in [0, 0.1) is 0 Å². The van der Waals surface area contributed by atoms with Crippen molar-refractivity contribution in [1.29, 1.82) is 0 Å². The van der Waals surface area contributed by atoms with Crippen LogP contribution in [0.25, 0.3) is 0 Å². The second-order valence-electron chi connectivity index (χ2n) is 4.53. The molecule has 1 amide bonds. The van der Waals surface area contributed by atoms with Crippen LogP contribution in [-0.4, -0.2) is 21.9 Å². The molecule has 1 saturated carbocycles. The number of para-hydroxylation sites is 1. The fraction of sp³-hybridized carbons (Fsp3) is 0.214. The molecule has 2 aromatic rings. The van der Waals surface area contributed by atoms with Crippen LogP contribution in [0.3, 0.4) is 0 Å². The van der Waals surface area contributed by atoms with E-state index in [0.29, 0.717) is 17.6 Å². The van der Waals surface area contributed by atoms with Gasteiger partial charge in [0.25, 0.3) is 5.91 Å². The number of amides is 1. The molecule has 1 aliphatic carbocycles. The van der Waals surface area contributed by atoms with Gasteiger partial charge in [0.15, 0.2) is 0 Å². The van der Waals surface area contributed by atoms with Crippen molar-refractivity contribution < 1.29 is 4.79 Å². The maximum atomic E-state index is 11.8. The molecule has 5 nitrogen and oxygen atoms in total. The summed E-state index contributed by atoms with van der Waals surface area (Å²) in [6.07, 6.45) is 5.21. The van der Waals surface area contributed by atoms with Crippen molar-refractivity contribution in [3.8, 4) is 0 Å². The van der Waals surface area contributed by atoms with Gasteiger partial charge in [0.2, 0.25) is 5.95 Å². The number of aromatic nitrogens is 2. The molecule has 1 aromatic heterocycles. The van der Waals surface area contributed by atoms with Crippen molar-refractivity contribution >= 4 is 17.5 Å². The SMILES string of the molecule is O=C(NC1CC1)c1cnc(Nc2ccccc2)nc1. The first-order valence-corrected chi connectivity index (χ1v) is 6.26. The van der Waals surface area contributed by atoms with E-state index in [0.717, 1.165) is 18.5 Å². The molecule has 0 atom stereocenters. The Kier molecular flexibility index (Phi) is 3.10. The van der Waals surface area contributed by atoms with Gasteiger partial charge in [-0.15, -0.1) is 0 Å². The second-order valence-corrected chi connectivity index (χ2v) is 4.53. The number of carbonyl (C=O) groups excluding carboxylic acids is 1. The third-order valence-corrected chi connectivity index (χ3v) is 2.86. The quantitative estimate of drug-likeness (QED) is 0.877. The van der Waals surface area contributed by atoms with Gasteiger partial charge in [-0.25, -0.2) is 9.97 Å². The maximum absolute atomic E-state index is 11.8. The van der Waals surface area contributed by atoms with Gasteiger partial charge in [0, 0.05) is 24.1 Å². The first-order valence-electron chi connectivity index (χ1n) is 6.26. The summed E-state index contributed by atoms with van der Waals surface area (Å²) in [5.74, 6) is 0.378. The summed E-state index contributed by atoms with van der Waals surface area (Å²) in [5.41, 5.74) is 1.41. The molecule has 0 spiro atoms. The molecule has 0 saturated heterocycles. The lowest BCUT2D eigenvalue weighted by molar-refractivity contribution is 0.0950. The van der Waals surface area contributed by atoms with Gasteiger partial charge < -0.3 is 10.6 Å². The van der Waals surface area contributed by atoms with Crippen molar-refractivity contribution in [3.05, 3.63) is 48.3 Å². The van der Waals surface area contributed by atoms with Gasteiger partial charge >= 0.3 is 0 Å². The van der Waals surface area contributed by atoms with Crippen LogP contribution in [0.5, 0.6) is 0 Å². The topological polar surface area (TPSA) is 66.9 Å². The fourth-order valence-electron chi connectivity index (χ4n) is 1.66. The van der Waals surface area contributed by atoms with Crippen molar-refractivity contribution in [2.24, 2.45) is 0 Å². The van der Waals surface area contributed by atoms with E-state index in [1.165, 1.54) is 12.4 Å². The fourth-order valence-corrected chi connectivity index (χ4v) is 1.66. The molecule has 1 aromatic carbocycles. The van der Waals surface area contributed by atoms with Crippen LogP contribution in [-0.2, 0) is 0 Å². The Bertz CT molecular complexity index is 564. The van der Waals surface area contributed by atoms with E-state index in [-0.39, 0.29) is 5.91 Å². The van der Waals surface area contributed by atoms with Crippen LogP contribution in [0.4, 0.5) is 11.6 Å². The van der Waals surface area contributed by atoms with Gasteiger partial charge in [-0.2, -0.15) is 0 Å². The number of hydrogen-bond donors (Lipinski definition) is 2. The molecule has 1 aliphatic rings. The van der Waals surface area contributed by atoms with Gasteiger partial charge in [-0.1, -0.05) is 18.2 Å². The zero-order valence-corrected chi connectivity index (χ0v) is 10.3. The molecular formula is C14H14N4O. The summed E-state index contributed by atoms with van der Waals surface area (Å²) < 4.78 is 0. The first-order chi connectivity index (χ1) is 9.31. The highest BCUT2D eigenvalue weighted by atomic mass is 16.1. The Morgan fingerprint density at radius 3 is 2.42 bits per heavy atom. The lowest BCUT2D eigenvalue weighted by atomic mass is 10.3. The molecule has 1 fully saturated rings. The number of rotatable bonds is 4. The van der Waals surface area contributed by atoms with Gasteiger partial charge in [-0.05, 0) is 25.0 Å². The molecule has 96 valence electrons. The minimum atomic E-state index is -0.103. The largest absolute Gasteiger partial charge is 0.349 e. The van der Waals surface area contributed by atoms with E-state index < -0.39 is 0 Å². The Balaban J connectivity index is 1.66. The second kappa shape index (κ2) is 5.06. The number of benzene rings is 1. The summed E-state index contributed by atoms with van der Waals surface area (Å²) in [6, 6.07) is 10.0. The monoisotopic (exact) mass is 254 g/mol. The zero-order valence-electron chi connectivity index (χ0n) is 10.3. The van der Waals surface area contributed by atoms with E-state index in [1.54, 1.807) is 0 Å². The van der Waals surface area contributed by atoms with Crippen molar-refractivity contribution in [1.82, 2.24) is 15.3 Å². The summed E-state index contributed by atoms with van der Waals surface area (Å²) in [7, 11) is 0. The molecule has 1 heterocycles. The van der Waals surface area contributed by atoms with Crippen LogP contribution in [0.1, 0.15) is 23.2 Å². The Morgan fingerprint density at radius 1 is 1.11 bits per heavy atom. The molecule has 0 radical (unpaired) electrons. The van der Waals surface area contributed by atoms with E-state index in [1.807, 2.05) is 30.3 Å². The van der Waals surface area contributed by atoms with Crippen molar-refractivity contribution in [3.63, 3.8) is 0 Å². The minimum absolute atomic E-state index is 0.103.